The fourth-order valence-corrected chi connectivity index (χ4v) is 5.60. The Morgan fingerprint density at radius 1 is 1.16 bits per heavy atom. The second kappa shape index (κ2) is 6.12. The lowest BCUT2D eigenvalue weighted by Gasteiger charge is -2.07. The molecule has 25 heavy (non-hydrogen) atoms. The van der Waals surface area contributed by atoms with Crippen molar-refractivity contribution in [1.82, 2.24) is 0 Å². The summed E-state index contributed by atoms with van der Waals surface area (Å²) in [5, 5.41) is 8.74. The Balaban J connectivity index is 2.03. The maximum Gasteiger partial charge on any atom is 0.325 e. The number of benzene rings is 2. The van der Waals surface area contributed by atoms with E-state index >= 15 is 0 Å². The molecule has 0 unspecified atom stereocenters. The third kappa shape index (κ3) is 2.84. The standard InChI is InChI=1S/C18H18ClNO4S/c1-2-11-3-5-12(6-4-11)15-16(18(15,20)17(21)22)25(23,24)14-9-7-13(19)8-10-14/h3-10,15-16H,2,20H2,1H3,(H,21,22)/t15-,16+,18+/m0/s1. The summed E-state index contributed by atoms with van der Waals surface area (Å²) in [5.41, 5.74) is 5.89. The lowest BCUT2D eigenvalue weighted by molar-refractivity contribution is -0.139. The number of carbonyl (C=O) groups is 1. The lowest BCUT2D eigenvalue weighted by atomic mass is 10.0. The van der Waals surface area contributed by atoms with E-state index in [0.29, 0.717) is 10.6 Å². The third-order valence-corrected chi connectivity index (χ3v) is 7.29. The first-order valence-electron chi connectivity index (χ1n) is 7.83. The Labute approximate surface area is 151 Å². The van der Waals surface area contributed by atoms with Crippen molar-refractivity contribution in [3.8, 4) is 0 Å². The summed E-state index contributed by atoms with van der Waals surface area (Å²) in [6, 6.07) is 12.9. The molecule has 7 heteroatoms. The number of rotatable bonds is 5. The number of nitrogens with two attached hydrogens (primary N) is 1. The minimum Gasteiger partial charge on any atom is -0.480 e. The first kappa shape index (κ1) is 17.9. The van der Waals surface area contributed by atoms with Gasteiger partial charge in [-0.1, -0.05) is 42.8 Å². The van der Waals surface area contributed by atoms with Crippen molar-refractivity contribution in [3.63, 3.8) is 0 Å². The monoisotopic (exact) mass is 379 g/mol. The van der Waals surface area contributed by atoms with Gasteiger partial charge in [0.25, 0.3) is 0 Å². The molecule has 0 aliphatic heterocycles. The van der Waals surface area contributed by atoms with Gasteiger partial charge in [0.05, 0.1) is 4.90 Å². The molecular weight excluding hydrogens is 362 g/mol. The molecule has 132 valence electrons. The lowest BCUT2D eigenvalue weighted by Crippen LogP contribution is -2.39. The predicted octanol–water partition coefficient (Wildman–Crippen LogP) is 2.62. The molecule has 0 spiro atoms. The van der Waals surface area contributed by atoms with Crippen LogP contribution in [0.1, 0.15) is 24.0 Å². The number of aryl methyl sites for hydroxylation is 1. The summed E-state index contributed by atoms with van der Waals surface area (Å²) in [6.07, 6.45) is 0.837. The van der Waals surface area contributed by atoms with E-state index in [2.05, 4.69) is 0 Å². The highest BCUT2D eigenvalue weighted by molar-refractivity contribution is 7.92. The maximum absolute atomic E-state index is 12.9. The number of carboxylic acids is 1. The van der Waals surface area contributed by atoms with E-state index in [9.17, 15) is 18.3 Å². The second-order valence-corrected chi connectivity index (χ2v) is 8.74. The summed E-state index contributed by atoms with van der Waals surface area (Å²) in [7, 11) is -3.91. The van der Waals surface area contributed by atoms with E-state index in [4.69, 9.17) is 17.3 Å². The Bertz CT molecular complexity index is 909. The molecule has 2 aromatic carbocycles. The molecule has 5 nitrogen and oxygen atoms in total. The van der Waals surface area contributed by atoms with Crippen LogP contribution < -0.4 is 5.73 Å². The van der Waals surface area contributed by atoms with Gasteiger partial charge in [0.1, 0.15) is 10.8 Å². The van der Waals surface area contributed by atoms with Crippen molar-refractivity contribution in [2.75, 3.05) is 0 Å². The molecule has 0 amide bonds. The molecule has 2 aromatic rings. The van der Waals surface area contributed by atoms with Crippen molar-refractivity contribution >= 4 is 27.4 Å². The van der Waals surface area contributed by atoms with Crippen molar-refractivity contribution in [2.24, 2.45) is 5.73 Å². The maximum atomic E-state index is 12.9. The summed E-state index contributed by atoms with van der Waals surface area (Å²) < 4.78 is 25.9. The van der Waals surface area contributed by atoms with Gasteiger partial charge in [0, 0.05) is 10.9 Å². The normalized spacial score (nSPS) is 25.6. The van der Waals surface area contributed by atoms with Gasteiger partial charge in [-0.3, -0.25) is 4.79 Å². The minimum atomic E-state index is -3.91. The average molecular weight is 380 g/mol. The summed E-state index contributed by atoms with van der Waals surface area (Å²) in [6.45, 7) is 2.00. The molecule has 0 heterocycles. The van der Waals surface area contributed by atoms with Crippen LogP contribution in [-0.4, -0.2) is 30.3 Å². The zero-order chi connectivity index (χ0) is 18.4. The number of hydrogen-bond donors (Lipinski definition) is 2. The van der Waals surface area contributed by atoms with Crippen LogP contribution in [0.25, 0.3) is 0 Å². The second-order valence-electron chi connectivity index (χ2n) is 6.23. The van der Waals surface area contributed by atoms with Crippen molar-refractivity contribution in [3.05, 3.63) is 64.7 Å². The van der Waals surface area contributed by atoms with E-state index in [1.807, 2.05) is 19.1 Å². The van der Waals surface area contributed by atoms with Gasteiger partial charge in [-0.15, -0.1) is 0 Å². The molecule has 3 N–H and O–H groups in total. The molecular formula is C18H18ClNO4S. The average Bonchev–Trinajstić information content (AvgIpc) is 3.24. The molecule has 0 saturated heterocycles. The molecule has 0 radical (unpaired) electrons. The highest BCUT2D eigenvalue weighted by Crippen LogP contribution is 2.55. The Morgan fingerprint density at radius 3 is 2.20 bits per heavy atom. The van der Waals surface area contributed by atoms with E-state index < -0.39 is 32.5 Å². The quantitative estimate of drug-likeness (QED) is 0.832. The Morgan fingerprint density at radius 2 is 1.72 bits per heavy atom. The number of carboxylic acid groups (broad SMARTS) is 1. The first-order valence-corrected chi connectivity index (χ1v) is 9.76. The molecule has 0 aromatic heterocycles. The van der Waals surface area contributed by atoms with Crippen LogP contribution in [-0.2, 0) is 21.1 Å². The molecule has 0 bridgehead atoms. The van der Waals surface area contributed by atoms with Gasteiger partial charge in [-0.25, -0.2) is 8.42 Å². The van der Waals surface area contributed by atoms with Crippen LogP contribution in [0.3, 0.4) is 0 Å². The predicted molar refractivity (Wildman–Crippen MR) is 95.5 cm³/mol. The molecule has 3 rings (SSSR count). The minimum absolute atomic E-state index is 0.0191. The first-order chi connectivity index (χ1) is 11.7. The zero-order valence-corrected chi connectivity index (χ0v) is 15.1. The zero-order valence-electron chi connectivity index (χ0n) is 13.5. The SMILES string of the molecule is CCc1ccc([C@H]2[C@@H](S(=O)(=O)c3ccc(Cl)cc3)[C@@]2(N)C(=O)O)cc1. The van der Waals surface area contributed by atoms with Crippen LogP contribution >= 0.6 is 11.6 Å². The smallest absolute Gasteiger partial charge is 0.325 e. The number of halogens is 1. The van der Waals surface area contributed by atoms with Gasteiger partial charge >= 0.3 is 5.97 Å². The molecule has 3 atom stereocenters. The largest absolute Gasteiger partial charge is 0.480 e. The van der Waals surface area contributed by atoms with Crippen LogP contribution in [0.4, 0.5) is 0 Å². The summed E-state index contributed by atoms with van der Waals surface area (Å²) in [4.78, 5) is 11.7. The summed E-state index contributed by atoms with van der Waals surface area (Å²) >= 11 is 5.80. The van der Waals surface area contributed by atoms with Crippen molar-refractivity contribution in [1.29, 1.82) is 0 Å². The Kier molecular flexibility index (Phi) is 4.39. The third-order valence-electron chi connectivity index (χ3n) is 4.77. The number of hydrogen-bond acceptors (Lipinski definition) is 4. The number of aliphatic carboxylic acids is 1. The van der Waals surface area contributed by atoms with Crippen molar-refractivity contribution in [2.45, 2.75) is 34.9 Å². The van der Waals surface area contributed by atoms with E-state index in [1.165, 1.54) is 24.3 Å². The van der Waals surface area contributed by atoms with Crippen molar-refractivity contribution < 1.29 is 18.3 Å². The fourth-order valence-electron chi connectivity index (χ4n) is 3.25. The number of sulfone groups is 1. The van der Waals surface area contributed by atoms with Gasteiger partial charge in [0.15, 0.2) is 9.84 Å². The Hall–Kier alpha value is -1.89. The highest BCUT2D eigenvalue weighted by Gasteiger charge is 2.74. The molecule has 1 fully saturated rings. The van der Waals surface area contributed by atoms with E-state index in [-0.39, 0.29) is 4.90 Å². The van der Waals surface area contributed by atoms with Crippen LogP contribution in [0, 0.1) is 0 Å². The van der Waals surface area contributed by atoms with Crippen LogP contribution in [0.15, 0.2) is 53.4 Å². The topological polar surface area (TPSA) is 97.5 Å². The van der Waals surface area contributed by atoms with Crippen LogP contribution in [0.5, 0.6) is 0 Å². The van der Waals surface area contributed by atoms with E-state index in [0.717, 1.165) is 12.0 Å². The fraction of sp³-hybridized carbons (Fsp3) is 0.278. The molecule has 1 aliphatic rings. The van der Waals surface area contributed by atoms with Gasteiger partial charge in [0.2, 0.25) is 0 Å². The van der Waals surface area contributed by atoms with Gasteiger partial charge < -0.3 is 10.8 Å². The van der Waals surface area contributed by atoms with Gasteiger partial charge in [-0.2, -0.15) is 0 Å². The highest BCUT2D eigenvalue weighted by atomic mass is 35.5. The molecule has 1 saturated carbocycles. The van der Waals surface area contributed by atoms with Gasteiger partial charge in [-0.05, 0) is 41.8 Å². The molecule has 1 aliphatic carbocycles. The summed E-state index contributed by atoms with van der Waals surface area (Å²) in [5.74, 6) is -2.11. The van der Waals surface area contributed by atoms with Crippen LogP contribution in [0.2, 0.25) is 5.02 Å². The van der Waals surface area contributed by atoms with E-state index in [1.54, 1.807) is 12.1 Å².